The minimum atomic E-state index is -4.85. The lowest BCUT2D eigenvalue weighted by Gasteiger charge is -2.17. The molecule has 1 unspecified atom stereocenters. The molecule has 0 fully saturated rings. The average Bonchev–Trinajstić information content (AvgIpc) is 3.20. The number of primary sulfonamides is 1. The molecule has 0 saturated carbocycles. The zero-order valence-corrected chi connectivity index (χ0v) is 18.6. The molecule has 0 aliphatic carbocycles. The molecular formula is C24H19F4N3O2S. The Bertz CT molecular complexity index is 1430. The van der Waals surface area contributed by atoms with Gasteiger partial charge in [-0.2, -0.15) is 18.3 Å². The van der Waals surface area contributed by atoms with Gasteiger partial charge in [0.05, 0.1) is 11.4 Å². The molecule has 10 heteroatoms. The van der Waals surface area contributed by atoms with Crippen molar-refractivity contribution >= 4 is 10.0 Å². The smallest absolute Gasteiger partial charge is 0.231 e. The maximum atomic E-state index is 14.3. The third kappa shape index (κ3) is 4.46. The van der Waals surface area contributed by atoms with Gasteiger partial charge in [-0.1, -0.05) is 49.4 Å². The van der Waals surface area contributed by atoms with Crippen molar-refractivity contribution in [2.24, 2.45) is 5.14 Å². The zero-order valence-electron chi connectivity index (χ0n) is 17.8. The van der Waals surface area contributed by atoms with Gasteiger partial charge in [0.1, 0.15) is 10.7 Å². The van der Waals surface area contributed by atoms with Crippen molar-refractivity contribution < 1.29 is 26.0 Å². The highest BCUT2D eigenvalue weighted by atomic mass is 32.2. The van der Waals surface area contributed by atoms with Gasteiger partial charge in [-0.15, -0.1) is 0 Å². The molecule has 0 saturated heterocycles. The monoisotopic (exact) mass is 489 g/mol. The Morgan fingerprint density at radius 2 is 1.50 bits per heavy atom. The Balaban J connectivity index is 2.14. The Labute approximate surface area is 193 Å². The maximum Gasteiger partial charge on any atom is 0.435 e. The Morgan fingerprint density at radius 3 is 2.09 bits per heavy atom. The second-order valence-electron chi connectivity index (χ2n) is 7.67. The van der Waals surface area contributed by atoms with Crippen molar-refractivity contribution in [3.05, 3.63) is 102 Å². The summed E-state index contributed by atoms with van der Waals surface area (Å²) in [4.78, 5) is -0.395. The van der Waals surface area contributed by atoms with Crippen LogP contribution in [-0.4, -0.2) is 18.2 Å². The number of hydrogen-bond donors (Lipinski definition) is 1. The first-order valence-corrected chi connectivity index (χ1v) is 11.7. The van der Waals surface area contributed by atoms with Crippen molar-refractivity contribution in [2.45, 2.75) is 23.9 Å². The summed E-state index contributed by atoms with van der Waals surface area (Å²) < 4.78 is 81.9. The van der Waals surface area contributed by atoms with Crippen LogP contribution in [0.4, 0.5) is 17.6 Å². The van der Waals surface area contributed by atoms with Gasteiger partial charge in [0.2, 0.25) is 10.0 Å². The molecule has 176 valence electrons. The van der Waals surface area contributed by atoms with E-state index in [0.717, 1.165) is 16.8 Å². The summed E-state index contributed by atoms with van der Waals surface area (Å²) in [5, 5.41) is 9.19. The first-order chi connectivity index (χ1) is 16.0. The van der Waals surface area contributed by atoms with Crippen molar-refractivity contribution in [3.8, 4) is 16.9 Å². The molecule has 1 heterocycles. The minimum absolute atomic E-state index is 0.0141. The Hall–Kier alpha value is -3.50. The van der Waals surface area contributed by atoms with Gasteiger partial charge in [0, 0.05) is 17.0 Å². The van der Waals surface area contributed by atoms with Crippen LogP contribution >= 0.6 is 0 Å². The lowest BCUT2D eigenvalue weighted by molar-refractivity contribution is -0.142. The third-order valence-corrected chi connectivity index (χ3v) is 6.40. The molecule has 0 spiro atoms. The molecule has 0 amide bonds. The van der Waals surface area contributed by atoms with E-state index in [4.69, 9.17) is 5.14 Å². The van der Waals surface area contributed by atoms with E-state index in [1.165, 1.54) is 36.4 Å². The quantitative estimate of drug-likeness (QED) is 0.376. The molecule has 5 nitrogen and oxygen atoms in total. The number of nitrogens with two attached hydrogens (primary N) is 1. The van der Waals surface area contributed by atoms with Crippen LogP contribution in [0.1, 0.15) is 29.7 Å². The van der Waals surface area contributed by atoms with Crippen molar-refractivity contribution in [3.63, 3.8) is 0 Å². The molecule has 2 N–H and O–H groups in total. The normalized spacial score (nSPS) is 13.1. The number of halogens is 4. The van der Waals surface area contributed by atoms with Crippen LogP contribution in [-0.2, 0) is 16.2 Å². The summed E-state index contributed by atoms with van der Waals surface area (Å²) >= 11 is 0. The largest absolute Gasteiger partial charge is 0.435 e. The number of aromatic nitrogens is 2. The molecular weight excluding hydrogens is 470 g/mol. The summed E-state index contributed by atoms with van der Waals surface area (Å²) in [6.45, 7) is 1.60. The fraction of sp³-hybridized carbons (Fsp3) is 0.125. The Morgan fingerprint density at radius 1 is 0.912 bits per heavy atom. The molecule has 0 radical (unpaired) electrons. The summed E-state index contributed by atoms with van der Waals surface area (Å²) in [7, 11) is -4.30. The van der Waals surface area contributed by atoms with Gasteiger partial charge in [-0.05, 0) is 42.0 Å². The molecule has 4 rings (SSSR count). The molecule has 4 aromatic rings. The van der Waals surface area contributed by atoms with Gasteiger partial charge in [0.15, 0.2) is 5.69 Å². The lowest BCUT2D eigenvalue weighted by Crippen LogP contribution is -2.16. The summed E-state index contributed by atoms with van der Waals surface area (Å²) in [6, 6.07) is 18.8. The maximum absolute atomic E-state index is 14.3. The predicted molar refractivity (Wildman–Crippen MR) is 119 cm³/mol. The van der Waals surface area contributed by atoms with Crippen molar-refractivity contribution in [1.29, 1.82) is 0 Å². The molecule has 34 heavy (non-hydrogen) atoms. The summed E-state index contributed by atoms with van der Waals surface area (Å²) in [5.74, 6) is -1.36. The highest BCUT2D eigenvalue weighted by Gasteiger charge is 2.41. The fourth-order valence-corrected chi connectivity index (χ4v) is 4.60. The van der Waals surface area contributed by atoms with Crippen LogP contribution in [0.5, 0.6) is 0 Å². The first-order valence-electron chi connectivity index (χ1n) is 10.1. The van der Waals surface area contributed by atoms with E-state index in [1.54, 1.807) is 37.3 Å². The summed E-state index contributed by atoms with van der Waals surface area (Å²) in [6.07, 6.45) is -4.85. The Kier molecular flexibility index (Phi) is 6.05. The van der Waals surface area contributed by atoms with E-state index >= 15 is 0 Å². The van der Waals surface area contributed by atoms with Gasteiger partial charge in [0.25, 0.3) is 0 Å². The second kappa shape index (κ2) is 8.69. The third-order valence-electron chi connectivity index (χ3n) is 5.44. The van der Waals surface area contributed by atoms with Gasteiger partial charge in [-0.3, -0.25) is 0 Å². The number of rotatable bonds is 5. The average molecular weight is 489 g/mol. The molecule has 3 aromatic carbocycles. The van der Waals surface area contributed by atoms with Crippen molar-refractivity contribution in [1.82, 2.24) is 9.78 Å². The minimum Gasteiger partial charge on any atom is -0.231 e. The number of sulfonamides is 1. The predicted octanol–water partition coefficient (Wildman–Crippen LogP) is 5.50. The van der Waals surface area contributed by atoms with E-state index in [1.807, 2.05) is 0 Å². The number of nitrogens with zero attached hydrogens (tertiary/aromatic N) is 2. The van der Waals surface area contributed by atoms with E-state index in [9.17, 15) is 26.0 Å². The lowest BCUT2D eigenvalue weighted by atomic mass is 9.89. The fourth-order valence-electron chi connectivity index (χ4n) is 3.89. The highest BCUT2D eigenvalue weighted by molar-refractivity contribution is 7.89. The zero-order chi connectivity index (χ0) is 24.7. The number of hydrogen-bond acceptors (Lipinski definition) is 3. The number of alkyl halides is 3. The molecule has 0 aliphatic heterocycles. The topological polar surface area (TPSA) is 78.0 Å². The standard InChI is InChI=1S/C24H19F4N3O2S/c1-15(16-7-3-2-4-8-16)21-22(17-11-13-18(25)14-12-17)31(30-23(21)24(26,27)28)19-9-5-6-10-20(19)34(29,32)33/h2-15H,1H3,(H2,29,32,33). The molecule has 0 bridgehead atoms. The van der Waals surface area contributed by atoms with Crippen LogP contribution < -0.4 is 5.14 Å². The summed E-state index contributed by atoms with van der Waals surface area (Å²) in [5.41, 5.74) is -0.690. The van der Waals surface area contributed by atoms with E-state index < -0.39 is 38.5 Å². The SMILES string of the molecule is CC(c1ccccc1)c1c(C(F)(F)F)nn(-c2ccccc2S(N)(=O)=O)c1-c1ccc(F)cc1. The van der Waals surface area contributed by atoms with Gasteiger partial charge >= 0.3 is 6.18 Å². The van der Waals surface area contributed by atoms with Crippen molar-refractivity contribution in [2.75, 3.05) is 0 Å². The van der Waals surface area contributed by atoms with Crippen LogP contribution in [0, 0.1) is 5.82 Å². The molecule has 1 atom stereocenters. The van der Waals surface area contributed by atoms with E-state index in [-0.39, 0.29) is 22.5 Å². The van der Waals surface area contributed by atoms with E-state index in [2.05, 4.69) is 5.10 Å². The number of para-hydroxylation sites is 1. The van der Waals surface area contributed by atoms with Gasteiger partial charge in [-0.25, -0.2) is 22.6 Å². The molecule has 0 aliphatic rings. The first kappa shape index (κ1) is 23.7. The highest BCUT2D eigenvalue weighted by Crippen LogP contribution is 2.43. The van der Waals surface area contributed by atoms with Crippen LogP contribution in [0.25, 0.3) is 16.9 Å². The van der Waals surface area contributed by atoms with Crippen LogP contribution in [0.15, 0.2) is 83.8 Å². The van der Waals surface area contributed by atoms with Gasteiger partial charge < -0.3 is 0 Å². The second-order valence-corrected chi connectivity index (χ2v) is 9.20. The molecule has 1 aromatic heterocycles. The van der Waals surface area contributed by atoms with Crippen LogP contribution in [0.3, 0.4) is 0 Å². The van der Waals surface area contributed by atoms with E-state index in [0.29, 0.717) is 5.56 Å². The number of benzene rings is 3. The van der Waals surface area contributed by atoms with Crippen LogP contribution in [0.2, 0.25) is 0 Å².